The van der Waals surface area contributed by atoms with Crippen molar-refractivity contribution in [2.24, 2.45) is 15.4 Å². The molecular weight excluding hydrogens is 286 g/mol. The number of rotatable bonds is 1. The summed E-state index contributed by atoms with van der Waals surface area (Å²) in [5, 5.41) is 0. The molecule has 0 saturated heterocycles. The molecule has 0 aromatic heterocycles. The first-order chi connectivity index (χ1) is 11.1. The van der Waals surface area contributed by atoms with Crippen LogP contribution in [0.25, 0.3) is 0 Å². The van der Waals surface area contributed by atoms with Gasteiger partial charge in [-0.2, -0.15) is 0 Å². The fraction of sp³-hybridized carbons (Fsp3) is 0.421. The van der Waals surface area contributed by atoms with Crippen molar-refractivity contribution in [1.29, 1.82) is 0 Å². The van der Waals surface area contributed by atoms with Gasteiger partial charge in [-0.1, -0.05) is 30.3 Å². The van der Waals surface area contributed by atoms with Crippen LogP contribution in [0.1, 0.15) is 31.4 Å². The minimum atomic E-state index is -0.260. The van der Waals surface area contributed by atoms with E-state index in [-0.39, 0.29) is 17.4 Å². The lowest BCUT2D eigenvalue weighted by Crippen LogP contribution is -2.55. The molecule has 4 heteroatoms. The number of amides is 1. The number of aryl methyl sites for hydroxylation is 1. The molecule has 1 aliphatic carbocycles. The van der Waals surface area contributed by atoms with E-state index in [0.717, 1.165) is 30.9 Å². The molecule has 1 aromatic carbocycles. The van der Waals surface area contributed by atoms with Crippen LogP contribution in [0.2, 0.25) is 0 Å². The molecule has 2 aliphatic heterocycles. The van der Waals surface area contributed by atoms with Crippen LogP contribution in [-0.4, -0.2) is 35.1 Å². The summed E-state index contributed by atoms with van der Waals surface area (Å²) in [6.07, 6.45) is 6.58. The second-order valence-corrected chi connectivity index (χ2v) is 6.92. The van der Waals surface area contributed by atoms with Crippen LogP contribution in [0.15, 0.2) is 46.4 Å². The molecule has 2 heterocycles. The number of fused-ring (bicyclic) bond motifs is 2. The molecule has 0 saturated carbocycles. The van der Waals surface area contributed by atoms with Gasteiger partial charge in [-0.15, -0.1) is 0 Å². The van der Waals surface area contributed by atoms with E-state index in [1.54, 1.807) is 6.08 Å². The van der Waals surface area contributed by atoms with Crippen LogP contribution in [0.3, 0.4) is 0 Å². The van der Waals surface area contributed by atoms with Crippen LogP contribution < -0.4 is 0 Å². The van der Waals surface area contributed by atoms with Gasteiger partial charge in [0, 0.05) is 12.1 Å². The number of carbonyl (C=O) groups is 1. The molecule has 4 nitrogen and oxygen atoms in total. The molecule has 0 fully saturated rings. The summed E-state index contributed by atoms with van der Waals surface area (Å²) in [7, 11) is 0. The van der Waals surface area contributed by atoms with Crippen LogP contribution in [0.5, 0.6) is 0 Å². The summed E-state index contributed by atoms with van der Waals surface area (Å²) in [5.41, 5.74) is 2.51. The predicted octanol–water partition coefficient (Wildman–Crippen LogP) is 2.78. The average molecular weight is 307 g/mol. The SMILES string of the molecule is CC1=NCC2(C)C=CC(=O)N(C3CCc4ccccc4C3)C2=N1. The molecule has 2 unspecified atom stereocenters. The maximum absolute atomic E-state index is 12.6. The Morgan fingerprint density at radius 2 is 2.04 bits per heavy atom. The molecule has 1 aromatic rings. The lowest BCUT2D eigenvalue weighted by Gasteiger charge is -2.43. The van der Waals surface area contributed by atoms with E-state index < -0.39 is 0 Å². The minimum absolute atomic E-state index is 0.0558. The zero-order valence-electron chi connectivity index (χ0n) is 13.6. The summed E-state index contributed by atoms with van der Waals surface area (Å²) in [4.78, 5) is 23.7. The number of hydrogen-bond donors (Lipinski definition) is 0. The number of benzene rings is 1. The third-order valence-electron chi connectivity index (χ3n) is 5.16. The van der Waals surface area contributed by atoms with Crippen molar-refractivity contribution >= 4 is 17.6 Å². The van der Waals surface area contributed by atoms with Gasteiger partial charge in [-0.25, -0.2) is 4.99 Å². The molecule has 2 atom stereocenters. The number of nitrogens with zero attached hydrogens (tertiary/aromatic N) is 3. The summed E-state index contributed by atoms with van der Waals surface area (Å²) in [6, 6.07) is 8.74. The predicted molar refractivity (Wildman–Crippen MR) is 91.8 cm³/mol. The van der Waals surface area contributed by atoms with Gasteiger partial charge in [0.25, 0.3) is 5.91 Å². The normalized spacial score (nSPS) is 29.6. The smallest absolute Gasteiger partial charge is 0.251 e. The number of aliphatic imine (C=N–C) groups is 2. The number of carbonyl (C=O) groups excluding carboxylic acids is 1. The third kappa shape index (κ3) is 2.33. The van der Waals surface area contributed by atoms with Gasteiger partial charge in [0.15, 0.2) is 0 Å². The third-order valence-corrected chi connectivity index (χ3v) is 5.16. The first-order valence-electron chi connectivity index (χ1n) is 8.26. The second kappa shape index (κ2) is 5.15. The highest BCUT2D eigenvalue weighted by molar-refractivity contribution is 6.13. The fourth-order valence-corrected chi connectivity index (χ4v) is 3.81. The highest BCUT2D eigenvalue weighted by Gasteiger charge is 2.43. The number of amidine groups is 2. The van der Waals surface area contributed by atoms with Crippen LogP contribution >= 0.6 is 0 Å². The van der Waals surface area contributed by atoms with Crippen molar-refractivity contribution in [3.63, 3.8) is 0 Å². The molecule has 118 valence electrons. The Bertz CT molecular complexity index is 762. The van der Waals surface area contributed by atoms with Crippen molar-refractivity contribution in [2.75, 3.05) is 6.54 Å². The molecule has 23 heavy (non-hydrogen) atoms. The lowest BCUT2D eigenvalue weighted by atomic mass is 9.81. The summed E-state index contributed by atoms with van der Waals surface area (Å²) in [6.45, 7) is 4.69. The van der Waals surface area contributed by atoms with Gasteiger partial charge in [0.1, 0.15) is 11.7 Å². The Morgan fingerprint density at radius 3 is 2.87 bits per heavy atom. The molecule has 0 radical (unpaired) electrons. The van der Waals surface area contributed by atoms with Gasteiger partial charge < -0.3 is 0 Å². The Kier molecular flexibility index (Phi) is 3.22. The van der Waals surface area contributed by atoms with Crippen molar-refractivity contribution in [1.82, 2.24) is 4.90 Å². The average Bonchev–Trinajstić information content (AvgIpc) is 2.56. The molecule has 0 bridgehead atoms. The second-order valence-electron chi connectivity index (χ2n) is 6.92. The van der Waals surface area contributed by atoms with Gasteiger partial charge >= 0.3 is 0 Å². The topological polar surface area (TPSA) is 45.0 Å². The van der Waals surface area contributed by atoms with Gasteiger partial charge in [0.05, 0.1) is 12.0 Å². The standard InChI is InChI=1S/C19H21N3O/c1-13-20-12-19(2)10-9-17(23)22(18(19)21-13)16-8-7-14-5-3-4-6-15(14)11-16/h3-6,9-10,16H,7-8,11-12H2,1-2H3. The Morgan fingerprint density at radius 1 is 1.26 bits per heavy atom. The summed E-state index contributed by atoms with van der Waals surface area (Å²) >= 11 is 0. The van der Waals surface area contributed by atoms with E-state index in [2.05, 4.69) is 41.2 Å². The van der Waals surface area contributed by atoms with Crippen LogP contribution in [0.4, 0.5) is 0 Å². The first-order valence-corrected chi connectivity index (χ1v) is 8.26. The van der Waals surface area contributed by atoms with E-state index in [9.17, 15) is 4.79 Å². The zero-order chi connectivity index (χ0) is 16.0. The maximum atomic E-state index is 12.6. The van der Waals surface area contributed by atoms with E-state index in [4.69, 9.17) is 0 Å². The Balaban J connectivity index is 1.72. The van der Waals surface area contributed by atoms with E-state index in [1.807, 2.05) is 17.9 Å². The molecule has 4 rings (SSSR count). The fourth-order valence-electron chi connectivity index (χ4n) is 3.81. The van der Waals surface area contributed by atoms with Crippen molar-refractivity contribution in [3.05, 3.63) is 47.5 Å². The Hall–Kier alpha value is -2.23. The van der Waals surface area contributed by atoms with Gasteiger partial charge in [0.2, 0.25) is 0 Å². The van der Waals surface area contributed by atoms with E-state index >= 15 is 0 Å². The van der Waals surface area contributed by atoms with Crippen molar-refractivity contribution < 1.29 is 4.79 Å². The highest BCUT2D eigenvalue weighted by Crippen LogP contribution is 2.34. The highest BCUT2D eigenvalue weighted by atomic mass is 16.2. The molecule has 1 amide bonds. The van der Waals surface area contributed by atoms with Crippen LogP contribution in [-0.2, 0) is 17.6 Å². The largest absolute Gasteiger partial charge is 0.292 e. The van der Waals surface area contributed by atoms with Crippen LogP contribution in [0, 0.1) is 5.41 Å². The quantitative estimate of drug-likeness (QED) is 0.787. The van der Waals surface area contributed by atoms with Crippen molar-refractivity contribution in [2.45, 2.75) is 39.2 Å². The van der Waals surface area contributed by atoms with Gasteiger partial charge in [-0.3, -0.25) is 14.7 Å². The van der Waals surface area contributed by atoms with Gasteiger partial charge in [-0.05, 0) is 44.2 Å². The molecule has 3 aliphatic rings. The summed E-state index contributed by atoms with van der Waals surface area (Å²) in [5.74, 6) is 1.70. The molecule has 0 N–H and O–H groups in total. The van der Waals surface area contributed by atoms with E-state index in [0.29, 0.717) is 6.54 Å². The minimum Gasteiger partial charge on any atom is -0.292 e. The first kappa shape index (κ1) is 14.4. The maximum Gasteiger partial charge on any atom is 0.251 e. The van der Waals surface area contributed by atoms with E-state index in [1.165, 1.54) is 11.1 Å². The lowest BCUT2D eigenvalue weighted by molar-refractivity contribution is -0.124. The zero-order valence-corrected chi connectivity index (χ0v) is 13.6. The molecular formula is C19H21N3O. The Labute approximate surface area is 136 Å². The van der Waals surface area contributed by atoms with Crippen molar-refractivity contribution in [3.8, 4) is 0 Å². The summed E-state index contributed by atoms with van der Waals surface area (Å²) < 4.78 is 0. The number of hydrogen-bond acceptors (Lipinski definition) is 3. The molecule has 0 spiro atoms. The monoisotopic (exact) mass is 307 g/mol.